The fourth-order valence-corrected chi connectivity index (χ4v) is 6.88. The average molecular weight is 939 g/mol. The van der Waals surface area contributed by atoms with Crippen molar-refractivity contribution in [1.29, 1.82) is 0 Å². The first-order valence-corrected chi connectivity index (χ1v) is 27.2. The van der Waals surface area contributed by atoms with Crippen LogP contribution in [-0.2, 0) is 28.6 Å². The third kappa shape index (κ3) is 52.5. The van der Waals surface area contributed by atoms with Crippen LogP contribution < -0.4 is 0 Å². The molecule has 0 N–H and O–H groups in total. The minimum atomic E-state index is -0.807. The Bertz CT molecular complexity index is 1500. The van der Waals surface area contributed by atoms with Gasteiger partial charge in [-0.1, -0.05) is 219 Å². The van der Waals surface area contributed by atoms with Gasteiger partial charge in [0, 0.05) is 19.3 Å². The molecule has 0 rings (SSSR count). The number of carbonyl (C=O) groups excluding carboxylic acids is 3. The fraction of sp³-hybridized carbons (Fsp3) is 0.597. The highest BCUT2D eigenvalue weighted by molar-refractivity contribution is 5.71. The Kier molecular flexibility index (Phi) is 51.5. The zero-order chi connectivity index (χ0) is 49.3. The number of hydrogen-bond acceptors (Lipinski definition) is 6. The molecule has 0 amide bonds. The highest BCUT2D eigenvalue weighted by Crippen LogP contribution is 2.13. The third-order valence-corrected chi connectivity index (χ3v) is 10.9. The van der Waals surface area contributed by atoms with Crippen molar-refractivity contribution >= 4 is 17.9 Å². The molecule has 0 bridgehead atoms. The molecule has 0 aliphatic carbocycles. The highest BCUT2D eigenvalue weighted by atomic mass is 16.6. The molecule has 0 fully saturated rings. The number of ether oxygens (including phenoxy) is 3. The van der Waals surface area contributed by atoms with Gasteiger partial charge in [0.2, 0.25) is 0 Å². The van der Waals surface area contributed by atoms with Crippen LogP contribution in [0.1, 0.15) is 220 Å². The van der Waals surface area contributed by atoms with Crippen molar-refractivity contribution < 1.29 is 28.6 Å². The summed E-state index contributed by atoms with van der Waals surface area (Å²) in [7, 11) is 0. The number of rotatable bonds is 47. The Hall–Kier alpha value is -4.45. The van der Waals surface area contributed by atoms with E-state index in [2.05, 4.69) is 154 Å². The highest BCUT2D eigenvalue weighted by Gasteiger charge is 2.19. The van der Waals surface area contributed by atoms with Gasteiger partial charge >= 0.3 is 17.9 Å². The second-order valence-corrected chi connectivity index (χ2v) is 17.4. The van der Waals surface area contributed by atoms with Gasteiger partial charge in [-0.25, -0.2) is 0 Å². The molecule has 0 aliphatic rings. The zero-order valence-corrected chi connectivity index (χ0v) is 43.6. The van der Waals surface area contributed by atoms with Gasteiger partial charge in [-0.2, -0.15) is 0 Å². The van der Waals surface area contributed by atoms with E-state index in [-0.39, 0.29) is 37.5 Å². The molecule has 1 atom stereocenters. The first-order valence-electron chi connectivity index (χ1n) is 27.2. The fourth-order valence-electron chi connectivity index (χ4n) is 6.88. The number of carbonyl (C=O) groups is 3. The van der Waals surface area contributed by atoms with Crippen LogP contribution in [0.2, 0.25) is 0 Å². The summed E-state index contributed by atoms with van der Waals surface area (Å²) < 4.78 is 16.7. The smallest absolute Gasteiger partial charge is 0.306 e. The zero-order valence-electron chi connectivity index (χ0n) is 43.6. The Morgan fingerprint density at radius 1 is 0.309 bits per heavy atom. The largest absolute Gasteiger partial charge is 0.462 e. The maximum Gasteiger partial charge on any atom is 0.306 e. The van der Waals surface area contributed by atoms with Gasteiger partial charge in [0.15, 0.2) is 6.10 Å². The molecule has 382 valence electrons. The Morgan fingerprint density at radius 3 is 0.912 bits per heavy atom. The van der Waals surface area contributed by atoms with E-state index in [1.165, 1.54) is 32.1 Å². The van der Waals surface area contributed by atoms with Crippen molar-refractivity contribution in [2.45, 2.75) is 226 Å². The summed E-state index contributed by atoms with van der Waals surface area (Å²) in [5.41, 5.74) is 0. The van der Waals surface area contributed by atoms with Crippen molar-refractivity contribution in [3.8, 4) is 0 Å². The number of esters is 3. The monoisotopic (exact) mass is 939 g/mol. The molecule has 6 nitrogen and oxygen atoms in total. The third-order valence-electron chi connectivity index (χ3n) is 10.9. The van der Waals surface area contributed by atoms with E-state index in [4.69, 9.17) is 14.2 Å². The standard InChI is InChI=1S/C62H98O6/c1-4-7-10-13-16-19-21-23-25-27-28-29-30-31-32-33-34-36-37-39-41-43-46-49-52-55-61(64)67-58-59(57-66-60(63)54-51-48-45-18-15-12-9-6-3)68-62(65)56-53-50-47-44-42-40-38-35-26-24-22-20-17-14-11-8-5-2/h7-8,10-11,16-17,19-20,23-26,28-29,31-32,34,36,38-41,59H,4-6,9,12-15,18,21-22,27,30,33,35,37,42-58H2,1-3H3/b10-7-,11-8-,19-16-,20-17-,25-23-,26-24-,29-28-,32-31-,36-34-,40-38-,41-39-. The quantitative estimate of drug-likeness (QED) is 0.0262. The van der Waals surface area contributed by atoms with E-state index in [9.17, 15) is 14.4 Å². The topological polar surface area (TPSA) is 78.9 Å². The predicted molar refractivity (Wildman–Crippen MR) is 292 cm³/mol. The first kappa shape index (κ1) is 63.5. The Balaban J connectivity index is 4.39. The Labute approximate surface area is 417 Å². The molecule has 0 aliphatic heterocycles. The first-order chi connectivity index (χ1) is 33.5. The number of hydrogen-bond donors (Lipinski definition) is 0. The molecule has 0 spiro atoms. The molecule has 6 heteroatoms. The lowest BCUT2D eigenvalue weighted by atomic mass is 10.1. The number of unbranched alkanes of at least 4 members (excludes halogenated alkanes) is 14. The predicted octanol–water partition coefficient (Wildman–Crippen LogP) is 18.3. The Morgan fingerprint density at radius 2 is 0.574 bits per heavy atom. The molecule has 0 aromatic heterocycles. The van der Waals surface area contributed by atoms with Crippen LogP contribution in [0.5, 0.6) is 0 Å². The van der Waals surface area contributed by atoms with Gasteiger partial charge in [0.1, 0.15) is 13.2 Å². The summed E-state index contributed by atoms with van der Waals surface area (Å²) in [6, 6.07) is 0. The molecule has 0 heterocycles. The maximum atomic E-state index is 12.8. The molecule has 0 saturated heterocycles. The summed E-state index contributed by atoms with van der Waals surface area (Å²) in [5.74, 6) is -0.973. The van der Waals surface area contributed by atoms with Gasteiger partial charge in [-0.15, -0.1) is 0 Å². The van der Waals surface area contributed by atoms with E-state index < -0.39 is 6.10 Å². The minimum Gasteiger partial charge on any atom is -0.462 e. The average Bonchev–Trinajstić information content (AvgIpc) is 3.34. The summed E-state index contributed by atoms with van der Waals surface area (Å²) in [5, 5.41) is 0. The van der Waals surface area contributed by atoms with Gasteiger partial charge in [0.25, 0.3) is 0 Å². The summed E-state index contributed by atoms with van der Waals surface area (Å²) in [4.78, 5) is 37.9. The van der Waals surface area contributed by atoms with Crippen molar-refractivity contribution in [3.63, 3.8) is 0 Å². The van der Waals surface area contributed by atoms with Gasteiger partial charge in [-0.3, -0.25) is 14.4 Å². The lowest BCUT2D eigenvalue weighted by molar-refractivity contribution is -0.167. The van der Waals surface area contributed by atoms with Crippen LogP contribution in [0.25, 0.3) is 0 Å². The van der Waals surface area contributed by atoms with Crippen LogP contribution in [0, 0.1) is 0 Å². The molecule has 1 unspecified atom stereocenters. The van der Waals surface area contributed by atoms with Crippen molar-refractivity contribution in [2.24, 2.45) is 0 Å². The molecule has 0 aromatic carbocycles. The van der Waals surface area contributed by atoms with E-state index in [0.29, 0.717) is 12.8 Å². The lowest BCUT2D eigenvalue weighted by Gasteiger charge is -2.18. The molecule has 0 radical (unpaired) electrons. The molecule has 0 saturated carbocycles. The van der Waals surface area contributed by atoms with Crippen LogP contribution in [-0.4, -0.2) is 37.2 Å². The van der Waals surface area contributed by atoms with Gasteiger partial charge in [0.05, 0.1) is 0 Å². The maximum absolute atomic E-state index is 12.8. The van der Waals surface area contributed by atoms with Crippen LogP contribution in [0.3, 0.4) is 0 Å². The van der Waals surface area contributed by atoms with E-state index in [1.54, 1.807) is 0 Å². The number of allylic oxidation sites excluding steroid dienone is 22. The molecular formula is C62H98O6. The molecular weight excluding hydrogens is 841 g/mol. The van der Waals surface area contributed by atoms with E-state index >= 15 is 0 Å². The van der Waals surface area contributed by atoms with Gasteiger partial charge in [-0.05, 0) is 116 Å². The second kappa shape index (κ2) is 55.1. The summed E-state index contributed by atoms with van der Waals surface area (Å²) in [6.45, 7) is 6.31. The van der Waals surface area contributed by atoms with E-state index in [0.717, 1.165) is 148 Å². The van der Waals surface area contributed by atoms with Crippen molar-refractivity contribution in [2.75, 3.05) is 13.2 Å². The van der Waals surface area contributed by atoms with Gasteiger partial charge < -0.3 is 14.2 Å². The van der Waals surface area contributed by atoms with Crippen molar-refractivity contribution in [1.82, 2.24) is 0 Å². The van der Waals surface area contributed by atoms with Crippen LogP contribution in [0.15, 0.2) is 134 Å². The SMILES string of the molecule is CC/C=C\C/C=C\C/C=C\C/C=C\C/C=C\C/C=C\C/C=C\CCCCCC(=O)OCC(COC(=O)CCCCCCCCCC)OC(=O)CCCCCC/C=C\C/C=C\C/C=C\C/C=C\CC. The lowest BCUT2D eigenvalue weighted by Crippen LogP contribution is -2.30. The second-order valence-electron chi connectivity index (χ2n) is 17.4. The summed E-state index contributed by atoms with van der Waals surface area (Å²) >= 11 is 0. The summed E-state index contributed by atoms with van der Waals surface area (Å²) in [6.07, 6.45) is 77.3. The minimum absolute atomic E-state index is 0.103. The van der Waals surface area contributed by atoms with Crippen molar-refractivity contribution in [3.05, 3.63) is 134 Å². The molecule has 0 aromatic rings. The van der Waals surface area contributed by atoms with E-state index in [1.807, 2.05) is 0 Å². The molecule has 68 heavy (non-hydrogen) atoms. The van der Waals surface area contributed by atoms with Crippen LogP contribution in [0.4, 0.5) is 0 Å². The van der Waals surface area contributed by atoms with Crippen LogP contribution >= 0.6 is 0 Å². The normalized spacial score (nSPS) is 13.2.